The molecule has 0 radical (unpaired) electrons. The fraction of sp³-hybridized carbons (Fsp3) is 0.684. The minimum atomic E-state index is -4.07. The molecule has 0 amide bonds. The number of benzene rings is 1. The first-order valence-corrected chi connectivity index (χ1v) is 10.5. The minimum Gasteiger partial charge on any atom is -1.00 e. The molecule has 1 rings (SSSR count). The Bertz CT molecular complexity index is 518. The maximum atomic E-state index is 11.0. The summed E-state index contributed by atoms with van der Waals surface area (Å²) in [6, 6.07) is 6.53. The molecule has 24 heavy (non-hydrogen) atoms. The van der Waals surface area contributed by atoms with E-state index in [1.807, 2.05) is 0 Å². The molecule has 0 aliphatic heterocycles. The molecule has 0 aromatic heterocycles. The third-order valence-electron chi connectivity index (χ3n) is 4.29. The Hall–Kier alpha value is 0.130. The van der Waals surface area contributed by atoms with Crippen LogP contribution < -0.4 is 29.6 Å². The molecule has 1 N–H and O–H groups in total. The van der Waals surface area contributed by atoms with E-state index in [4.69, 9.17) is 4.55 Å². The SMILES string of the molecule is CCCCCCCCCCCCCc1ccc(S(=O)(=O)O)cc1.[H-].[Na+]. The van der Waals surface area contributed by atoms with Crippen molar-refractivity contribution < 1.29 is 44.0 Å². The Labute approximate surface area is 172 Å². The number of rotatable bonds is 13. The molecule has 0 saturated carbocycles. The molecule has 0 fully saturated rings. The topological polar surface area (TPSA) is 54.4 Å². The fourth-order valence-corrected chi connectivity index (χ4v) is 3.30. The molecule has 0 aliphatic rings. The van der Waals surface area contributed by atoms with Crippen LogP contribution in [-0.2, 0) is 16.5 Å². The molecule has 0 saturated heterocycles. The molecule has 5 heteroatoms. The van der Waals surface area contributed by atoms with E-state index >= 15 is 0 Å². The van der Waals surface area contributed by atoms with Gasteiger partial charge in [0.05, 0.1) is 4.90 Å². The van der Waals surface area contributed by atoms with E-state index in [0.717, 1.165) is 18.4 Å². The molecule has 0 spiro atoms. The summed E-state index contributed by atoms with van der Waals surface area (Å²) in [6.07, 6.45) is 15.6. The summed E-state index contributed by atoms with van der Waals surface area (Å²) in [6.45, 7) is 2.25. The third kappa shape index (κ3) is 11.6. The van der Waals surface area contributed by atoms with Crippen molar-refractivity contribution in [3.63, 3.8) is 0 Å². The van der Waals surface area contributed by atoms with Crippen molar-refractivity contribution in [1.29, 1.82) is 0 Å². The minimum absolute atomic E-state index is 0. The van der Waals surface area contributed by atoms with Crippen molar-refractivity contribution in [2.24, 2.45) is 0 Å². The average Bonchev–Trinajstić information content (AvgIpc) is 2.52. The summed E-state index contributed by atoms with van der Waals surface area (Å²) >= 11 is 0. The van der Waals surface area contributed by atoms with Gasteiger partial charge in [-0.05, 0) is 30.5 Å². The van der Waals surface area contributed by atoms with E-state index in [-0.39, 0.29) is 35.9 Å². The van der Waals surface area contributed by atoms with Gasteiger partial charge in [-0.2, -0.15) is 8.42 Å². The summed E-state index contributed by atoms with van der Waals surface area (Å²) < 4.78 is 30.8. The molecular formula is C19H33NaO3S. The summed E-state index contributed by atoms with van der Waals surface area (Å²) in [5.74, 6) is 0. The number of unbranched alkanes of at least 4 members (excludes halogenated alkanes) is 10. The van der Waals surface area contributed by atoms with Gasteiger partial charge in [0.1, 0.15) is 0 Å². The molecule has 0 atom stereocenters. The second-order valence-electron chi connectivity index (χ2n) is 6.40. The van der Waals surface area contributed by atoms with Gasteiger partial charge in [-0.15, -0.1) is 0 Å². The maximum absolute atomic E-state index is 11.0. The van der Waals surface area contributed by atoms with Crippen molar-refractivity contribution in [3.8, 4) is 0 Å². The molecule has 0 aliphatic carbocycles. The van der Waals surface area contributed by atoms with Crippen LogP contribution in [0.5, 0.6) is 0 Å². The number of hydrogen-bond donors (Lipinski definition) is 1. The maximum Gasteiger partial charge on any atom is 1.00 e. The largest absolute Gasteiger partial charge is 1.00 e. The van der Waals surface area contributed by atoms with E-state index in [9.17, 15) is 8.42 Å². The van der Waals surface area contributed by atoms with E-state index < -0.39 is 10.1 Å². The standard InChI is InChI=1S/C19H32O3S.Na.H/c1-2-3-4-5-6-7-8-9-10-11-12-13-18-14-16-19(17-15-18)23(20,21)22;;/h14-17H,2-13H2,1H3,(H,20,21,22);;/q;+1;-1. The second-order valence-corrected chi connectivity index (χ2v) is 7.83. The van der Waals surface area contributed by atoms with Crippen LogP contribution in [0.4, 0.5) is 0 Å². The third-order valence-corrected chi connectivity index (χ3v) is 5.16. The second kappa shape index (κ2) is 14.3. The molecule has 3 nitrogen and oxygen atoms in total. The van der Waals surface area contributed by atoms with Gasteiger partial charge >= 0.3 is 29.6 Å². The summed E-state index contributed by atoms with van der Waals surface area (Å²) in [5, 5.41) is 0. The molecule has 0 bridgehead atoms. The fourth-order valence-electron chi connectivity index (χ4n) is 2.82. The predicted molar refractivity (Wildman–Crippen MR) is 97.5 cm³/mol. The Balaban J connectivity index is 0. The van der Waals surface area contributed by atoms with Gasteiger partial charge in [0.25, 0.3) is 10.1 Å². The van der Waals surface area contributed by atoms with Gasteiger partial charge in [0.15, 0.2) is 0 Å². The summed E-state index contributed by atoms with van der Waals surface area (Å²) in [7, 11) is -4.07. The van der Waals surface area contributed by atoms with E-state index in [2.05, 4.69) is 6.92 Å². The van der Waals surface area contributed by atoms with Crippen LogP contribution in [0.3, 0.4) is 0 Å². The average molecular weight is 365 g/mol. The van der Waals surface area contributed by atoms with E-state index in [1.165, 1.54) is 76.3 Å². The van der Waals surface area contributed by atoms with Gasteiger partial charge in [0.2, 0.25) is 0 Å². The van der Waals surface area contributed by atoms with Crippen LogP contribution in [0.1, 0.15) is 84.5 Å². The van der Waals surface area contributed by atoms with Gasteiger partial charge in [0, 0.05) is 0 Å². The van der Waals surface area contributed by atoms with E-state index in [1.54, 1.807) is 12.1 Å². The number of hydrogen-bond acceptors (Lipinski definition) is 2. The zero-order valence-electron chi connectivity index (χ0n) is 16.5. The van der Waals surface area contributed by atoms with Gasteiger partial charge < -0.3 is 1.43 Å². The molecular weight excluding hydrogens is 331 g/mol. The van der Waals surface area contributed by atoms with Crippen LogP contribution >= 0.6 is 0 Å². The van der Waals surface area contributed by atoms with Crippen molar-refractivity contribution in [1.82, 2.24) is 0 Å². The van der Waals surface area contributed by atoms with Crippen molar-refractivity contribution in [2.75, 3.05) is 0 Å². The van der Waals surface area contributed by atoms with Crippen molar-refractivity contribution in [3.05, 3.63) is 29.8 Å². The quantitative estimate of drug-likeness (QED) is 0.333. The number of aryl methyl sites for hydroxylation is 1. The Morgan fingerprint density at radius 1 is 0.792 bits per heavy atom. The summed E-state index contributed by atoms with van der Waals surface area (Å²) in [4.78, 5) is -0.0276. The zero-order chi connectivity index (χ0) is 17.0. The van der Waals surface area contributed by atoms with Crippen molar-refractivity contribution >= 4 is 10.1 Å². The predicted octanol–water partition coefficient (Wildman–Crippen LogP) is 2.90. The smallest absolute Gasteiger partial charge is 1.00 e. The van der Waals surface area contributed by atoms with Crippen LogP contribution in [-0.4, -0.2) is 13.0 Å². The first kappa shape index (κ1) is 24.1. The van der Waals surface area contributed by atoms with Gasteiger partial charge in [-0.1, -0.05) is 83.3 Å². The monoisotopic (exact) mass is 364 g/mol. The van der Waals surface area contributed by atoms with Crippen LogP contribution in [0.2, 0.25) is 0 Å². The molecule has 1 aromatic rings. The first-order chi connectivity index (χ1) is 11.0. The zero-order valence-corrected chi connectivity index (χ0v) is 18.3. The molecule has 0 unspecified atom stereocenters. The Morgan fingerprint density at radius 3 is 1.62 bits per heavy atom. The Morgan fingerprint density at radius 2 is 1.21 bits per heavy atom. The van der Waals surface area contributed by atoms with Crippen LogP contribution in [0.15, 0.2) is 29.2 Å². The van der Waals surface area contributed by atoms with Gasteiger partial charge in [-0.25, -0.2) is 0 Å². The van der Waals surface area contributed by atoms with E-state index in [0.29, 0.717) is 0 Å². The van der Waals surface area contributed by atoms with Crippen molar-refractivity contribution in [2.45, 2.75) is 88.9 Å². The Kier molecular flexibility index (Phi) is 14.4. The van der Waals surface area contributed by atoms with Crippen LogP contribution in [0, 0.1) is 0 Å². The molecule has 0 heterocycles. The van der Waals surface area contributed by atoms with Gasteiger partial charge in [-0.3, -0.25) is 4.55 Å². The summed E-state index contributed by atoms with van der Waals surface area (Å²) in [5.41, 5.74) is 1.13. The van der Waals surface area contributed by atoms with Crippen LogP contribution in [0.25, 0.3) is 0 Å². The first-order valence-electron chi connectivity index (χ1n) is 9.10. The normalized spacial score (nSPS) is 11.2. The molecule has 1 aromatic carbocycles. The molecule has 134 valence electrons.